The first-order chi connectivity index (χ1) is 20.5. The summed E-state index contributed by atoms with van der Waals surface area (Å²) in [5.74, 6) is -1.71. The monoisotopic (exact) mass is 627 g/mol. The number of aromatic nitrogens is 4. The Labute approximate surface area is 253 Å². The second-order valence-electron chi connectivity index (χ2n) is 10.7. The van der Waals surface area contributed by atoms with Crippen LogP contribution in [0.25, 0.3) is 11.8 Å². The SMILES string of the molecule is CS(=O)(=O)N1CCC([C@H]2C[C@@H](C(=O)Nc3ccc(C(=O)O)cc3)N(C(=O)C=Cc3cc(Cl)ccc3-n3cnnn3)C2)CC1. The number of carboxylic acid groups (broad SMARTS) is 1. The van der Waals surface area contributed by atoms with Crippen LogP contribution in [0.5, 0.6) is 0 Å². The summed E-state index contributed by atoms with van der Waals surface area (Å²) in [6, 6.07) is 10.1. The van der Waals surface area contributed by atoms with Crippen molar-refractivity contribution in [2.75, 3.05) is 31.2 Å². The molecule has 0 radical (unpaired) electrons. The summed E-state index contributed by atoms with van der Waals surface area (Å²) < 4.78 is 26.9. The molecule has 3 aromatic rings. The lowest BCUT2D eigenvalue weighted by atomic mass is 9.83. The molecule has 0 bridgehead atoms. The molecule has 15 heteroatoms. The highest BCUT2D eigenvalue weighted by atomic mass is 35.5. The summed E-state index contributed by atoms with van der Waals surface area (Å²) in [5, 5.41) is 23.7. The molecule has 2 N–H and O–H groups in total. The molecule has 2 fully saturated rings. The highest BCUT2D eigenvalue weighted by Crippen LogP contribution is 2.36. The predicted molar refractivity (Wildman–Crippen MR) is 158 cm³/mol. The van der Waals surface area contributed by atoms with Crippen LogP contribution in [-0.4, -0.2) is 92.7 Å². The maximum atomic E-state index is 13.6. The number of tetrazole rings is 1. The maximum Gasteiger partial charge on any atom is 0.335 e. The minimum atomic E-state index is -3.29. The van der Waals surface area contributed by atoms with Crippen LogP contribution in [0.1, 0.15) is 35.2 Å². The number of anilines is 1. The van der Waals surface area contributed by atoms with Crippen LogP contribution in [0.4, 0.5) is 5.69 Å². The number of sulfonamides is 1. The number of amides is 2. The topological polar surface area (TPSA) is 168 Å². The van der Waals surface area contributed by atoms with Crippen molar-refractivity contribution in [1.82, 2.24) is 29.4 Å². The quantitative estimate of drug-likeness (QED) is 0.357. The number of nitrogens with zero attached hydrogens (tertiary/aromatic N) is 6. The van der Waals surface area contributed by atoms with Gasteiger partial charge in [0.1, 0.15) is 12.4 Å². The lowest BCUT2D eigenvalue weighted by Gasteiger charge is -2.33. The molecule has 2 saturated heterocycles. The molecule has 0 saturated carbocycles. The minimum Gasteiger partial charge on any atom is -0.478 e. The molecule has 226 valence electrons. The molecule has 43 heavy (non-hydrogen) atoms. The van der Waals surface area contributed by atoms with Crippen LogP contribution < -0.4 is 5.32 Å². The fraction of sp³-hybridized carbons (Fsp3) is 0.357. The van der Waals surface area contributed by atoms with Gasteiger partial charge in [-0.2, -0.15) is 4.68 Å². The molecular formula is C28H30ClN7O6S. The lowest BCUT2D eigenvalue weighted by molar-refractivity contribution is -0.132. The second kappa shape index (κ2) is 12.6. The first-order valence-corrected chi connectivity index (χ1v) is 15.8. The van der Waals surface area contributed by atoms with Gasteiger partial charge in [0.25, 0.3) is 0 Å². The van der Waals surface area contributed by atoms with Gasteiger partial charge in [-0.1, -0.05) is 11.6 Å². The first kappa shape index (κ1) is 30.3. The summed E-state index contributed by atoms with van der Waals surface area (Å²) >= 11 is 6.22. The van der Waals surface area contributed by atoms with Crippen LogP contribution >= 0.6 is 11.6 Å². The Bertz CT molecular complexity index is 1640. The third kappa shape index (κ3) is 7.09. The molecule has 0 unspecified atom stereocenters. The standard InChI is InChI=1S/C28H30ClN7O6S/c1-43(41,42)34-12-10-18(11-13-34)21-15-25(27(38)31-23-6-2-19(3-7-23)28(39)40)35(16-21)26(37)9-4-20-14-22(29)5-8-24(20)36-17-30-32-33-36/h2-9,14,17-18,21,25H,10-13,15-16H2,1H3,(H,31,38)(H,39,40)/t21-,25-/m0/s1. The Morgan fingerprint density at radius 3 is 2.42 bits per heavy atom. The van der Waals surface area contributed by atoms with Gasteiger partial charge in [-0.05, 0) is 90.1 Å². The maximum absolute atomic E-state index is 13.6. The van der Waals surface area contributed by atoms with Gasteiger partial charge in [-0.25, -0.2) is 17.5 Å². The van der Waals surface area contributed by atoms with Crippen molar-refractivity contribution in [3.8, 4) is 5.69 Å². The van der Waals surface area contributed by atoms with Crippen molar-refractivity contribution < 1.29 is 27.9 Å². The van der Waals surface area contributed by atoms with Crippen molar-refractivity contribution in [2.24, 2.45) is 11.8 Å². The van der Waals surface area contributed by atoms with E-state index >= 15 is 0 Å². The van der Waals surface area contributed by atoms with Crippen molar-refractivity contribution in [2.45, 2.75) is 25.3 Å². The average molecular weight is 628 g/mol. The number of rotatable bonds is 8. The molecule has 13 nitrogen and oxygen atoms in total. The van der Waals surface area contributed by atoms with Crippen LogP contribution in [0.2, 0.25) is 5.02 Å². The fourth-order valence-corrected chi connectivity index (χ4v) is 6.75. The van der Waals surface area contributed by atoms with Gasteiger partial charge >= 0.3 is 5.97 Å². The largest absolute Gasteiger partial charge is 0.478 e. The molecule has 0 aliphatic carbocycles. The Morgan fingerprint density at radius 1 is 1.07 bits per heavy atom. The normalized spacial score (nSPS) is 20.0. The van der Waals surface area contributed by atoms with E-state index < -0.39 is 27.9 Å². The van der Waals surface area contributed by atoms with E-state index in [-0.39, 0.29) is 23.3 Å². The highest BCUT2D eigenvalue weighted by Gasteiger charge is 2.43. The molecule has 2 aliphatic rings. The summed E-state index contributed by atoms with van der Waals surface area (Å²) in [4.78, 5) is 39.9. The van der Waals surface area contributed by atoms with Gasteiger partial charge < -0.3 is 15.3 Å². The van der Waals surface area contributed by atoms with E-state index in [0.717, 1.165) is 0 Å². The zero-order valence-corrected chi connectivity index (χ0v) is 24.8. The van der Waals surface area contributed by atoms with Crippen molar-refractivity contribution >= 4 is 51.2 Å². The molecule has 0 spiro atoms. The number of hydrogen-bond acceptors (Lipinski definition) is 8. The Kier molecular flexibility index (Phi) is 8.89. The Morgan fingerprint density at radius 2 is 1.79 bits per heavy atom. The third-order valence-electron chi connectivity index (χ3n) is 7.94. The van der Waals surface area contributed by atoms with Gasteiger partial charge in [0, 0.05) is 42.0 Å². The number of carbonyl (C=O) groups excluding carboxylic acids is 2. The zero-order chi connectivity index (χ0) is 30.7. The third-order valence-corrected chi connectivity index (χ3v) is 9.48. The van der Waals surface area contributed by atoms with Crippen LogP contribution in [0.15, 0.2) is 54.9 Å². The summed E-state index contributed by atoms with van der Waals surface area (Å²) in [7, 11) is -3.29. The van der Waals surface area contributed by atoms with E-state index in [1.165, 1.54) is 56.8 Å². The number of halogens is 1. The lowest BCUT2D eigenvalue weighted by Crippen LogP contribution is -2.42. The Balaban J connectivity index is 1.36. The van der Waals surface area contributed by atoms with Crippen molar-refractivity contribution in [3.63, 3.8) is 0 Å². The molecule has 2 atom stereocenters. The predicted octanol–water partition coefficient (Wildman–Crippen LogP) is 2.55. The number of carbonyl (C=O) groups is 3. The molecule has 3 heterocycles. The van der Waals surface area contributed by atoms with Gasteiger partial charge in [0.15, 0.2) is 0 Å². The summed E-state index contributed by atoms with van der Waals surface area (Å²) in [6.45, 7) is 1.13. The van der Waals surface area contributed by atoms with E-state index in [4.69, 9.17) is 16.7 Å². The minimum absolute atomic E-state index is 0.00727. The molecular weight excluding hydrogens is 598 g/mol. The van der Waals surface area contributed by atoms with E-state index in [2.05, 4.69) is 20.8 Å². The second-order valence-corrected chi connectivity index (χ2v) is 13.1. The smallest absolute Gasteiger partial charge is 0.335 e. The zero-order valence-electron chi connectivity index (χ0n) is 23.2. The number of piperidine rings is 1. The van der Waals surface area contributed by atoms with E-state index in [1.807, 2.05) is 0 Å². The molecule has 5 rings (SSSR count). The number of carboxylic acids is 1. The number of benzene rings is 2. The molecule has 2 amide bonds. The summed E-state index contributed by atoms with van der Waals surface area (Å²) in [6.07, 6.45) is 7.29. The van der Waals surface area contributed by atoms with Gasteiger partial charge in [0.2, 0.25) is 21.8 Å². The fourth-order valence-electron chi connectivity index (χ4n) is 5.70. The highest BCUT2D eigenvalue weighted by molar-refractivity contribution is 7.88. The summed E-state index contributed by atoms with van der Waals surface area (Å²) in [5.41, 5.74) is 1.70. The molecule has 2 aliphatic heterocycles. The van der Waals surface area contributed by atoms with E-state index in [0.29, 0.717) is 60.9 Å². The van der Waals surface area contributed by atoms with Crippen LogP contribution in [0.3, 0.4) is 0 Å². The van der Waals surface area contributed by atoms with Gasteiger partial charge in [-0.15, -0.1) is 5.10 Å². The Hall–Kier alpha value is -4.14. The van der Waals surface area contributed by atoms with Crippen molar-refractivity contribution in [1.29, 1.82) is 0 Å². The number of likely N-dealkylation sites (tertiary alicyclic amines) is 1. The van der Waals surface area contributed by atoms with Gasteiger partial charge in [0.05, 0.1) is 17.5 Å². The first-order valence-electron chi connectivity index (χ1n) is 13.6. The van der Waals surface area contributed by atoms with Gasteiger partial charge in [-0.3, -0.25) is 9.59 Å². The van der Waals surface area contributed by atoms with E-state index in [1.54, 1.807) is 24.3 Å². The average Bonchev–Trinajstić information content (AvgIpc) is 3.67. The number of aromatic carboxylic acids is 1. The van der Waals surface area contributed by atoms with E-state index in [9.17, 15) is 22.8 Å². The molecule has 2 aromatic carbocycles. The molecule has 1 aromatic heterocycles. The van der Waals surface area contributed by atoms with Crippen LogP contribution in [0, 0.1) is 11.8 Å². The number of hydrogen-bond donors (Lipinski definition) is 2. The number of nitrogens with one attached hydrogen (secondary N) is 1. The van der Waals surface area contributed by atoms with Crippen LogP contribution in [-0.2, 0) is 19.6 Å². The van der Waals surface area contributed by atoms with Crippen molar-refractivity contribution in [3.05, 3.63) is 71.0 Å².